The zero-order valence-corrected chi connectivity index (χ0v) is 12.6. The Balaban J connectivity index is 2.35. The van der Waals surface area contributed by atoms with E-state index >= 15 is 0 Å². The smallest absolute Gasteiger partial charge is 0.227 e. The van der Waals surface area contributed by atoms with E-state index in [2.05, 4.69) is 20.9 Å². The molecular formula is C12H13BrN2O3S. The number of hydrogen-bond acceptors (Lipinski definition) is 4. The van der Waals surface area contributed by atoms with Crippen LogP contribution in [-0.4, -0.2) is 23.1 Å². The molecule has 0 spiro atoms. The van der Waals surface area contributed by atoms with Gasteiger partial charge in [0.05, 0.1) is 24.3 Å². The number of aliphatic hydroxyl groups excluding tert-OH is 1. The van der Waals surface area contributed by atoms with Gasteiger partial charge in [0.25, 0.3) is 0 Å². The van der Waals surface area contributed by atoms with Crippen LogP contribution in [-0.2, 0) is 29.2 Å². The molecule has 1 aromatic heterocycles. The minimum Gasteiger partial charge on any atom is -0.390 e. The molecule has 1 aromatic carbocycles. The van der Waals surface area contributed by atoms with E-state index in [1.54, 1.807) is 25.2 Å². The first kappa shape index (κ1) is 14.2. The number of nitrogens with zero attached hydrogens (tertiary/aromatic N) is 2. The van der Waals surface area contributed by atoms with Gasteiger partial charge in [0.1, 0.15) is 0 Å². The molecule has 0 aliphatic heterocycles. The van der Waals surface area contributed by atoms with Crippen LogP contribution in [0, 0.1) is 0 Å². The Labute approximate surface area is 120 Å². The Morgan fingerprint density at radius 1 is 1.42 bits per heavy atom. The Morgan fingerprint density at radius 2 is 2.16 bits per heavy atom. The van der Waals surface area contributed by atoms with Gasteiger partial charge in [-0.3, -0.25) is 0 Å². The Bertz CT molecular complexity index is 695. The van der Waals surface area contributed by atoms with E-state index in [4.69, 9.17) is 5.11 Å². The molecule has 0 radical (unpaired) electrons. The monoisotopic (exact) mass is 344 g/mol. The molecule has 0 aliphatic carbocycles. The highest BCUT2D eigenvalue weighted by Crippen LogP contribution is 2.18. The van der Waals surface area contributed by atoms with Gasteiger partial charge in [-0.25, -0.2) is 13.4 Å². The Morgan fingerprint density at radius 3 is 2.74 bits per heavy atom. The standard InChI is InChI=1S/C12H13BrN2O3S/c1-15-11(7-16)6-14-12(15)19(17,18)8-9-3-2-4-10(13)5-9/h2-6,16H,7-8H2,1H3. The highest BCUT2D eigenvalue weighted by atomic mass is 79.9. The zero-order chi connectivity index (χ0) is 14.0. The summed E-state index contributed by atoms with van der Waals surface area (Å²) in [6.45, 7) is -0.240. The van der Waals surface area contributed by atoms with Gasteiger partial charge in [-0.2, -0.15) is 0 Å². The van der Waals surface area contributed by atoms with Gasteiger partial charge < -0.3 is 9.67 Å². The third-order valence-corrected chi connectivity index (χ3v) is 4.87. The van der Waals surface area contributed by atoms with Crippen LogP contribution in [0.15, 0.2) is 40.1 Å². The summed E-state index contributed by atoms with van der Waals surface area (Å²) in [6, 6.07) is 7.12. The maximum Gasteiger partial charge on any atom is 0.227 e. The fraction of sp³-hybridized carbons (Fsp3) is 0.250. The molecule has 1 heterocycles. The summed E-state index contributed by atoms with van der Waals surface area (Å²) < 4.78 is 26.8. The molecule has 0 atom stereocenters. The van der Waals surface area contributed by atoms with Crippen LogP contribution in [0.1, 0.15) is 11.3 Å². The molecule has 0 bridgehead atoms. The fourth-order valence-electron chi connectivity index (χ4n) is 1.77. The number of sulfone groups is 1. The van der Waals surface area contributed by atoms with E-state index in [-0.39, 0.29) is 17.5 Å². The summed E-state index contributed by atoms with van der Waals surface area (Å²) >= 11 is 3.31. The molecule has 0 aliphatic rings. The number of aliphatic hydroxyl groups is 1. The van der Waals surface area contributed by atoms with Crippen molar-refractivity contribution in [1.29, 1.82) is 0 Å². The summed E-state index contributed by atoms with van der Waals surface area (Å²) in [5, 5.41) is 9.03. The molecule has 19 heavy (non-hydrogen) atoms. The SMILES string of the molecule is Cn1c(CO)cnc1S(=O)(=O)Cc1cccc(Br)c1. The quantitative estimate of drug-likeness (QED) is 0.915. The lowest BCUT2D eigenvalue weighted by Crippen LogP contribution is -2.12. The van der Waals surface area contributed by atoms with Gasteiger partial charge in [-0.1, -0.05) is 28.1 Å². The summed E-state index contributed by atoms with van der Waals surface area (Å²) in [7, 11) is -1.95. The topological polar surface area (TPSA) is 72.2 Å². The van der Waals surface area contributed by atoms with Crippen molar-refractivity contribution in [3.05, 3.63) is 46.2 Å². The lowest BCUT2D eigenvalue weighted by atomic mass is 10.2. The van der Waals surface area contributed by atoms with Crippen molar-refractivity contribution >= 4 is 25.8 Å². The largest absolute Gasteiger partial charge is 0.390 e. The molecule has 0 saturated carbocycles. The van der Waals surface area contributed by atoms with Crippen LogP contribution < -0.4 is 0 Å². The van der Waals surface area contributed by atoms with Crippen molar-refractivity contribution in [3.8, 4) is 0 Å². The first-order valence-electron chi connectivity index (χ1n) is 5.52. The van der Waals surface area contributed by atoms with E-state index in [1.165, 1.54) is 10.8 Å². The average Bonchev–Trinajstić information content (AvgIpc) is 2.70. The Hall–Kier alpha value is -1.18. The second-order valence-electron chi connectivity index (χ2n) is 4.14. The number of imidazole rings is 1. The number of benzene rings is 1. The van der Waals surface area contributed by atoms with E-state index in [1.807, 2.05) is 6.07 Å². The van der Waals surface area contributed by atoms with Gasteiger partial charge in [0.15, 0.2) is 0 Å². The highest BCUT2D eigenvalue weighted by molar-refractivity contribution is 9.10. The molecule has 0 amide bonds. The van der Waals surface area contributed by atoms with Gasteiger partial charge in [-0.05, 0) is 17.7 Å². The third-order valence-electron chi connectivity index (χ3n) is 2.73. The van der Waals surface area contributed by atoms with Crippen molar-refractivity contribution in [2.24, 2.45) is 7.05 Å². The lowest BCUT2D eigenvalue weighted by Gasteiger charge is -2.06. The van der Waals surface area contributed by atoms with E-state index in [9.17, 15) is 8.42 Å². The summed E-state index contributed by atoms with van der Waals surface area (Å²) in [5.74, 6) is -0.123. The van der Waals surface area contributed by atoms with Crippen LogP contribution in [0.2, 0.25) is 0 Å². The molecule has 1 N–H and O–H groups in total. The van der Waals surface area contributed by atoms with Crippen LogP contribution in [0.5, 0.6) is 0 Å². The fourth-order valence-corrected chi connectivity index (χ4v) is 3.71. The highest BCUT2D eigenvalue weighted by Gasteiger charge is 2.22. The van der Waals surface area contributed by atoms with E-state index in [0.29, 0.717) is 11.3 Å². The summed E-state index contributed by atoms with van der Waals surface area (Å²) in [5.41, 5.74) is 1.15. The number of aromatic nitrogens is 2. The second-order valence-corrected chi connectivity index (χ2v) is 6.94. The number of hydrogen-bond donors (Lipinski definition) is 1. The van der Waals surface area contributed by atoms with Crippen LogP contribution in [0.4, 0.5) is 0 Å². The molecular weight excluding hydrogens is 332 g/mol. The van der Waals surface area contributed by atoms with Crippen LogP contribution in [0.3, 0.4) is 0 Å². The summed E-state index contributed by atoms with van der Waals surface area (Å²) in [6.07, 6.45) is 1.37. The van der Waals surface area contributed by atoms with Gasteiger partial charge in [-0.15, -0.1) is 0 Å². The number of rotatable bonds is 4. The predicted molar refractivity (Wildman–Crippen MR) is 74.2 cm³/mol. The number of halogens is 1. The van der Waals surface area contributed by atoms with Crippen LogP contribution >= 0.6 is 15.9 Å². The van der Waals surface area contributed by atoms with Crippen molar-refractivity contribution in [3.63, 3.8) is 0 Å². The second kappa shape index (κ2) is 5.44. The van der Waals surface area contributed by atoms with Crippen molar-refractivity contribution < 1.29 is 13.5 Å². The molecule has 5 nitrogen and oxygen atoms in total. The maximum absolute atomic E-state index is 12.3. The molecule has 0 fully saturated rings. The van der Waals surface area contributed by atoms with E-state index in [0.717, 1.165) is 4.47 Å². The summed E-state index contributed by atoms with van der Waals surface area (Å²) in [4.78, 5) is 3.88. The van der Waals surface area contributed by atoms with Crippen molar-refractivity contribution in [2.45, 2.75) is 17.5 Å². The minimum atomic E-state index is -3.53. The molecule has 0 unspecified atom stereocenters. The van der Waals surface area contributed by atoms with E-state index < -0.39 is 9.84 Å². The van der Waals surface area contributed by atoms with Crippen LogP contribution in [0.25, 0.3) is 0 Å². The molecule has 7 heteroatoms. The predicted octanol–water partition coefficient (Wildman–Crippen LogP) is 1.65. The maximum atomic E-state index is 12.3. The third kappa shape index (κ3) is 3.05. The van der Waals surface area contributed by atoms with Gasteiger partial charge in [0, 0.05) is 11.5 Å². The van der Waals surface area contributed by atoms with Gasteiger partial charge >= 0.3 is 0 Å². The first-order chi connectivity index (χ1) is 8.94. The molecule has 2 aromatic rings. The normalized spacial score (nSPS) is 11.7. The minimum absolute atomic E-state index is 0.0310. The molecule has 102 valence electrons. The first-order valence-corrected chi connectivity index (χ1v) is 7.97. The van der Waals surface area contributed by atoms with Gasteiger partial charge in [0.2, 0.25) is 15.0 Å². The zero-order valence-electron chi connectivity index (χ0n) is 10.2. The Kier molecular flexibility index (Phi) is 4.07. The van der Waals surface area contributed by atoms with Crippen molar-refractivity contribution in [1.82, 2.24) is 9.55 Å². The van der Waals surface area contributed by atoms with Crippen molar-refractivity contribution in [2.75, 3.05) is 0 Å². The molecule has 0 saturated heterocycles. The molecule has 2 rings (SSSR count). The lowest BCUT2D eigenvalue weighted by molar-refractivity contribution is 0.271. The average molecular weight is 345 g/mol.